The van der Waals surface area contributed by atoms with Crippen LogP contribution in [0.15, 0.2) is 18.2 Å². The number of rotatable bonds is 5. The highest BCUT2D eigenvalue weighted by Crippen LogP contribution is 2.23. The fraction of sp³-hybridized carbons (Fsp3) is 0.300. The Morgan fingerprint density at radius 3 is 2.93 bits per heavy atom. The second kappa shape index (κ2) is 5.60. The van der Waals surface area contributed by atoms with Gasteiger partial charge in [-0.15, -0.1) is 11.8 Å². The van der Waals surface area contributed by atoms with Gasteiger partial charge in [0, 0.05) is 11.3 Å². The lowest BCUT2D eigenvalue weighted by atomic mass is 10.2. The summed E-state index contributed by atoms with van der Waals surface area (Å²) in [5.41, 5.74) is 0.670. The summed E-state index contributed by atoms with van der Waals surface area (Å²) < 4.78 is 17.9. The molecule has 3 nitrogen and oxygen atoms in total. The molecule has 82 valence electrons. The minimum atomic E-state index is -0.879. The number of benzene rings is 1. The molecule has 0 radical (unpaired) electrons. The molecule has 15 heavy (non-hydrogen) atoms. The summed E-state index contributed by atoms with van der Waals surface area (Å²) in [6.07, 6.45) is 0. The van der Waals surface area contributed by atoms with Gasteiger partial charge in [0.25, 0.3) is 0 Å². The van der Waals surface area contributed by atoms with Gasteiger partial charge in [-0.1, -0.05) is 0 Å². The summed E-state index contributed by atoms with van der Waals surface area (Å²) in [6, 6.07) is 4.20. The van der Waals surface area contributed by atoms with E-state index in [2.05, 4.69) is 0 Å². The van der Waals surface area contributed by atoms with E-state index >= 15 is 0 Å². The quantitative estimate of drug-likeness (QED) is 0.842. The molecule has 0 fully saturated rings. The summed E-state index contributed by atoms with van der Waals surface area (Å²) >= 11 is 1.21. The first-order valence-electron chi connectivity index (χ1n) is 4.25. The highest BCUT2D eigenvalue weighted by Gasteiger charge is 2.05. The lowest BCUT2D eigenvalue weighted by Crippen LogP contribution is -1.99. The molecule has 5 heteroatoms. The van der Waals surface area contributed by atoms with E-state index in [4.69, 9.17) is 9.84 Å². The molecule has 1 N–H and O–H groups in total. The Balaban J connectivity index is 2.65. The zero-order valence-corrected chi connectivity index (χ0v) is 9.01. The third kappa shape index (κ3) is 3.79. The fourth-order valence-corrected chi connectivity index (χ4v) is 1.83. The topological polar surface area (TPSA) is 46.5 Å². The minimum Gasteiger partial charge on any atom is -0.496 e. The number of aliphatic carboxylic acids is 1. The molecule has 1 rings (SSSR count). The van der Waals surface area contributed by atoms with Crippen LogP contribution < -0.4 is 4.74 Å². The van der Waals surface area contributed by atoms with Gasteiger partial charge < -0.3 is 9.84 Å². The van der Waals surface area contributed by atoms with E-state index in [1.165, 1.54) is 37.1 Å². The van der Waals surface area contributed by atoms with Crippen LogP contribution in [0.1, 0.15) is 5.56 Å². The van der Waals surface area contributed by atoms with Crippen LogP contribution in [0.25, 0.3) is 0 Å². The van der Waals surface area contributed by atoms with Gasteiger partial charge in [-0.25, -0.2) is 4.39 Å². The Morgan fingerprint density at radius 1 is 1.60 bits per heavy atom. The van der Waals surface area contributed by atoms with Crippen LogP contribution in [0, 0.1) is 5.82 Å². The van der Waals surface area contributed by atoms with Gasteiger partial charge in [-0.2, -0.15) is 0 Å². The molecule has 0 saturated heterocycles. The van der Waals surface area contributed by atoms with E-state index in [-0.39, 0.29) is 11.6 Å². The van der Waals surface area contributed by atoms with Crippen LogP contribution in [0.3, 0.4) is 0 Å². The van der Waals surface area contributed by atoms with Crippen molar-refractivity contribution in [2.75, 3.05) is 12.9 Å². The van der Waals surface area contributed by atoms with Gasteiger partial charge in [0.2, 0.25) is 0 Å². The average Bonchev–Trinajstić information content (AvgIpc) is 2.17. The van der Waals surface area contributed by atoms with Crippen LogP contribution >= 0.6 is 11.8 Å². The number of carboxylic acids is 1. The molecule has 0 atom stereocenters. The van der Waals surface area contributed by atoms with Crippen molar-refractivity contribution >= 4 is 17.7 Å². The van der Waals surface area contributed by atoms with Gasteiger partial charge in [0.1, 0.15) is 11.6 Å². The summed E-state index contributed by atoms with van der Waals surface area (Å²) in [4.78, 5) is 10.3. The van der Waals surface area contributed by atoms with Gasteiger partial charge in [-0.3, -0.25) is 4.79 Å². The minimum absolute atomic E-state index is 0.000330. The van der Waals surface area contributed by atoms with E-state index in [0.717, 1.165) is 0 Å². The highest BCUT2D eigenvalue weighted by molar-refractivity contribution is 7.99. The third-order valence-corrected chi connectivity index (χ3v) is 2.69. The van der Waals surface area contributed by atoms with Crippen LogP contribution in [-0.2, 0) is 10.5 Å². The summed E-state index contributed by atoms with van der Waals surface area (Å²) in [5, 5.41) is 8.45. The van der Waals surface area contributed by atoms with E-state index < -0.39 is 5.97 Å². The van der Waals surface area contributed by atoms with Crippen molar-refractivity contribution in [2.24, 2.45) is 0 Å². The molecule has 0 heterocycles. The van der Waals surface area contributed by atoms with Crippen molar-refractivity contribution in [1.82, 2.24) is 0 Å². The van der Waals surface area contributed by atoms with E-state index in [1.54, 1.807) is 0 Å². The number of thioether (sulfide) groups is 1. The predicted molar refractivity (Wildman–Crippen MR) is 56.7 cm³/mol. The molecule has 0 amide bonds. The Labute approximate surface area is 91.2 Å². The number of methoxy groups -OCH3 is 1. The second-order valence-electron chi connectivity index (χ2n) is 2.84. The monoisotopic (exact) mass is 230 g/mol. The van der Waals surface area contributed by atoms with E-state index in [0.29, 0.717) is 17.1 Å². The van der Waals surface area contributed by atoms with Gasteiger partial charge in [-0.05, 0) is 18.2 Å². The van der Waals surface area contributed by atoms with Crippen molar-refractivity contribution in [3.63, 3.8) is 0 Å². The molecule has 0 aliphatic heterocycles. The maximum absolute atomic E-state index is 12.9. The Bertz CT molecular complexity index is 355. The maximum Gasteiger partial charge on any atom is 0.313 e. The lowest BCUT2D eigenvalue weighted by Gasteiger charge is -2.07. The summed E-state index contributed by atoms with van der Waals surface area (Å²) in [5.74, 6) is -0.223. The number of hydrogen-bond acceptors (Lipinski definition) is 3. The first-order valence-corrected chi connectivity index (χ1v) is 5.41. The number of carboxylic acid groups (broad SMARTS) is 1. The first kappa shape index (κ1) is 11.8. The molecule has 0 bridgehead atoms. The molecule has 1 aromatic carbocycles. The Kier molecular flexibility index (Phi) is 4.42. The van der Waals surface area contributed by atoms with Crippen molar-refractivity contribution in [3.8, 4) is 5.75 Å². The van der Waals surface area contributed by atoms with Gasteiger partial charge in [0.15, 0.2) is 0 Å². The van der Waals surface area contributed by atoms with Crippen LogP contribution in [0.4, 0.5) is 4.39 Å². The normalized spacial score (nSPS) is 10.0. The number of hydrogen-bond donors (Lipinski definition) is 1. The molecule has 0 unspecified atom stereocenters. The van der Waals surface area contributed by atoms with Crippen LogP contribution in [0.2, 0.25) is 0 Å². The van der Waals surface area contributed by atoms with Crippen molar-refractivity contribution in [3.05, 3.63) is 29.6 Å². The molecule has 1 aromatic rings. The summed E-state index contributed by atoms with van der Waals surface area (Å²) in [7, 11) is 1.50. The predicted octanol–water partition coefficient (Wildman–Crippen LogP) is 2.15. The zero-order valence-electron chi connectivity index (χ0n) is 8.20. The third-order valence-electron chi connectivity index (χ3n) is 1.73. The molecule has 0 aliphatic carbocycles. The molecule has 0 aromatic heterocycles. The zero-order chi connectivity index (χ0) is 11.3. The molecular formula is C10H11FO3S. The highest BCUT2D eigenvalue weighted by atomic mass is 32.2. The Morgan fingerprint density at radius 2 is 2.33 bits per heavy atom. The van der Waals surface area contributed by atoms with Crippen molar-refractivity contribution in [1.29, 1.82) is 0 Å². The van der Waals surface area contributed by atoms with Crippen LogP contribution in [0.5, 0.6) is 5.75 Å². The number of carbonyl (C=O) groups is 1. The molecule has 0 saturated carbocycles. The van der Waals surface area contributed by atoms with Crippen molar-refractivity contribution in [2.45, 2.75) is 5.75 Å². The first-order chi connectivity index (χ1) is 7.13. The van der Waals surface area contributed by atoms with Crippen LogP contribution in [-0.4, -0.2) is 23.9 Å². The fourth-order valence-electron chi connectivity index (χ4n) is 1.11. The standard InChI is InChI=1S/C10H11FO3S/c1-14-9-3-2-8(11)4-7(9)5-15-6-10(12)13/h2-4H,5-6H2,1H3,(H,12,13). The Hall–Kier alpha value is -1.23. The largest absolute Gasteiger partial charge is 0.496 e. The number of ether oxygens (including phenoxy) is 1. The van der Waals surface area contributed by atoms with Crippen molar-refractivity contribution < 1.29 is 19.0 Å². The lowest BCUT2D eigenvalue weighted by molar-refractivity contribution is -0.133. The number of halogens is 1. The molecular weight excluding hydrogens is 219 g/mol. The van der Waals surface area contributed by atoms with Gasteiger partial charge in [0.05, 0.1) is 12.9 Å². The second-order valence-corrected chi connectivity index (χ2v) is 3.83. The smallest absolute Gasteiger partial charge is 0.313 e. The SMILES string of the molecule is COc1ccc(F)cc1CSCC(=O)O. The average molecular weight is 230 g/mol. The maximum atomic E-state index is 12.9. The molecule has 0 spiro atoms. The van der Waals surface area contributed by atoms with E-state index in [9.17, 15) is 9.18 Å². The van der Waals surface area contributed by atoms with E-state index in [1.807, 2.05) is 0 Å². The van der Waals surface area contributed by atoms with Gasteiger partial charge >= 0.3 is 5.97 Å². The molecule has 0 aliphatic rings. The summed E-state index contributed by atoms with van der Waals surface area (Å²) in [6.45, 7) is 0.